The molecule has 0 aliphatic rings. The van der Waals surface area contributed by atoms with E-state index in [0.717, 1.165) is 0 Å². The van der Waals surface area contributed by atoms with Gasteiger partial charge in [0.25, 0.3) is 0 Å². The molecule has 0 aromatic rings. The summed E-state index contributed by atoms with van der Waals surface area (Å²) in [6.07, 6.45) is 0. The SMILES string of the molecule is O=S(O)S.[NaH]. The van der Waals surface area contributed by atoms with Crippen LogP contribution in [0.25, 0.3) is 0 Å². The predicted molar refractivity (Wildman–Crippen MR) is 26.9 cm³/mol. The van der Waals surface area contributed by atoms with Crippen LogP contribution in [0.15, 0.2) is 0 Å². The summed E-state index contributed by atoms with van der Waals surface area (Å²) < 4.78 is 16.4. The molecule has 0 aliphatic carbocycles. The summed E-state index contributed by atoms with van der Waals surface area (Å²) in [5, 5.41) is 0. The van der Waals surface area contributed by atoms with Crippen molar-refractivity contribution in [3.8, 4) is 0 Å². The van der Waals surface area contributed by atoms with Crippen LogP contribution in [-0.2, 0) is 10.1 Å². The van der Waals surface area contributed by atoms with Gasteiger partial charge in [-0.25, -0.2) is 4.21 Å². The van der Waals surface area contributed by atoms with Crippen LogP contribution in [0, 0.1) is 0 Å². The van der Waals surface area contributed by atoms with Gasteiger partial charge in [-0.2, -0.15) is 0 Å². The normalized spacial score (nSPS) is 12.4. The number of thiol groups is 1. The van der Waals surface area contributed by atoms with E-state index >= 15 is 0 Å². The molecule has 5 heteroatoms. The standard InChI is InChI=1S/Na.H2O2S2.H/c;1-4(2)3;/h;(H2,1,2,3);. The van der Waals surface area contributed by atoms with Gasteiger partial charge in [0.1, 0.15) is 0 Å². The number of hydrogen-bond donors (Lipinski definition) is 2. The molecular weight excluding hydrogens is 119 g/mol. The van der Waals surface area contributed by atoms with Crippen LogP contribution in [0.1, 0.15) is 0 Å². The van der Waals surface area contributed by atoms with Crippen molar-refractivity contribution in [2.45, 2.75) is 0 Å². The van der Waals surface area contributed by atoms with Crippen molar-refractivity contribution in [1.29, 1.82) is 0 Å². The second-order valence-corrected chi connectivity index (χ2v) is 1.63. The van der Waals surface area contributed by atoms with Gasteiger partial charge in [-0.1, -0.05) is 0 Å². The summed E-state index contributed by atoms with van der Waals surface area (Å²) in [5.74, 6) is 0. The molecule has 1 unspecified atom stereocenters. The molecule has 2 nitrogen and oxygen atoms in total. The summed E-state index contributed by atoms with van der Waals surface area (Å²) in [7, 11) is -1.92. The van der Waals surface area contributed by atoms with Crippen LogP contribution in [-0.4, -0.2) is 38.3 Å². The van der Waals surface area contributed by atoms with Crippen LogP contribution >= 0.6 is 11.7 Å². The molecule has 0 amide bonds. The maximum atomic E-state index is 8.98. The van der Waals surface area contributed by atoms with Crippen LogP contribution < -0.4 is 0 Å². The Balaban J connectivity index is 0. The molecule has 0 bridgehead atoms. The van der Waals surface area contributed by atoms with Gasteiger partial charge in [0.05, 0.1) is 0 Å². The third kappa shape index (κ3) is 30.7. The van der Waals surface area contributed by atoms with E-state index in [1.165, 1.54) is 0 Å². The van der Waals surface area contributed by atoms with Crippen molar-refractivity contribution in [2.24, 2.45) is 0 Å². The van der Waals surface area contributed by atoms with E-state index in [4.69, 9.17) is 8.76 Å². The van der Waals surface area contributed by atoms with Gasteiger partial charge in [-0.05, 0) is 11.7 Å². The first-order chi connectivity index (χ1) is 1.73. The van der Waals surface area contributed by atoms with Crippen LogP contribution in [0.2, 0.25) is 0 Å². The fraction of sp³-hybridized carbons (Fsp3) is 0. The Morgan fingerprint density at radius 1 is 1.80 bits per heavy atom. The van der Waals surface area contributed by atoms with Gasteiger partial charge < -0.3 is 0 Å². The summed E-state index contributed by atoms with van der Waals surface area (Å²) in [6, 6.07) is 0. The molecule has 5 heavy (non-hydrogen) atoms. The third-order valence-electron chi connectivity index (χ3n) is 0. The topological polar surface area (TPSA) is 37.3 Å². The molecule has 1 atom stereocenters. The summed E-state index contributed by atoms with van der Waals surface area (Å²) in [4.78, 5) is 0. The van der Waals surface area contributed by atoms with Crippen molar-refractivity contribution in [3.05, 3.63) is 0 Å². The first kappa shape index (κ1) is 9.68. The molecule has 0 fully saturated rings. The van der Waals surface area contributed by atoms with Crippen molar-refractivity contribution in [1.82, 2.24) is 0 Å². The molecule has 0 rings (SSSR count). The Kier molecular flexibility index (Phi) is 10.6. The van der Waals surface area contributed by atoms with Crippen LogP contribution in [0.3, 0.4) is 0 Å². The Morgan fingerprint density at radius 2 is 1.80 bits per heavy atom. The molecule has 0 heterocycles. The predicted octanol–water partition coefficient (Wildman–Crippen LogP) is -0.596. The van der Waals surface area contributed by atoms with E-state index in [-0.39, 0.29) is 29.6 Å². The summed E-state index contributed by atoms with van der Waals surface area (Å²) >= 11 is 2.99. The molecule has 0 saturated carbocycles. The Labute approximate surface area is 59.7 Å². The van der Waals surface area contributed by atoms with Gasteiger partial charge >= 0.3 is 29.6 Å². The van der Waals surface area contributed by atoms with E-state index in [1.807, 2.05) is 0 Å². The van der Waals surface area contributed by atoms with E-state index in [0.29, 0.717) is 0 Å². The number of hydrogen-bond acceptors (Lipinski definition) is 1. The molecule has 0 radical (unpaired) electrons. The molecule has 0 spiro atoms. The van der Waals surface area contributed by atoms with Crippen molar-refractivity contribution in [3.63, 3.8) is 0 Å². The molecule has 1 N–H and O–H groups in total. The van der Waals surface area contributed by atoms with Crippen molar-refractivity contribution in [2.75, 3.05) is 0 Å². The molecule has 0 aromatic heterocycles. The summed E-state index contributed by atoms with van der Waals surface area (Å²) in [6.45, 7) is 0. The van der Waals surface area contributed by atoms with Gasteiger partial charge in [0.2, 0.25) is 10.1 Å². The fourth-order valence-electron chi connectivity index (χ4n) is 0. The molecule has 0 aromatic carbocycles. The Morgan fingerprint density at radius 3 is 1.80 bits per heavy atom. The second kappa shape index (κ2) is 5.46. The maximum absolute atomic E-state index is 8.98. The van der Waals surface area contributed by atoms with Gasteiger partial charge in [-0.15, -0.1) is 0 Å². The second-order valence-electron chi connectivity index (χ2n) is 0.231. The molecule has 0 aliphatic heterocycles. The fourth-order valence-corrected chi connectivity index (χ4v) is 0. The van der Waals surface area contributed by atoms with Crippen LogP contribution in [0.4, 0.5) is 0 Å². The Hall–Kier alpha value is 1.46. The molecule has 28 valence electrons. The first-order valence-corrected chi connectivity index (χ1v) is 2.69. The Bertz CT molecular complexity index is 30.6. The van der Waals surface area contributed by atoms with Crippen molar-refractivity contribution < 1.29 is 8.76 Å². The zero-order valence-corrected chi connectivity index (χ0v) is 3.42. The van der Waals surface area contributed by atoms with E-state index in [2.05, 4.69) is 11.7 Å². The molecule has 0 saturated heterocycles. The third-order valence-corrected chi connectivity index (χ3v) is 0. The minimum absolute atomic E-state index is 0. The van der Waals surface area contributed by atoms with Crippen LogP contribution in [0.5, 0.6) is 0 Å². The zero-order valence-electron chi connectivity index (χ0n) is 1.71. The average molecular weight is 122 g/mol. The monoisotopic (exact) mass is 122 g/mol. The quantitative estimate of drug-likeness (QED) is 0.195. The minimum atomic E-state index is -1.92. The van der Waals surface area contributed by atoms with Gasteiger partial charge in [0.15, 0.2) is 0 Å². The number of rotatable bonds is 0. The van der Waals surface area contributed by atoms with Crippen molar-refractivity contribution >= 4 is 51.3 Å². The van der Waals surface area contributed by atoms with Gasteiger partial charge in [0, 0.05) is 0 Å². The average Bonchev–Trinajstić information content (AvgIpc) is 0.811. The molecular formula is H3NaO2S2. The van der Waals surface area contributed by atoms with Gasteiger partial charge in [-0.3, -0.25) is 4.55 Å². The van der Waals surface area contributed by atoms with E-state index in [1.54, 1.807) is 0 Å². The zero-order chi connectivity index (χ0) is 3.58. The summed E-state index contributed by atoms with van der Waals surface area (Å²) in [5.41, 5.74) is 0. The van der Waals surface area contributed by atoms with E-state index in [9.17, 15) is 0 Å². The first-order valence-electron chi connectivity index (χ1n) is 0.532. The van der Waals surface area contributed by atoms with E-state index < -0.39 is 10.1 Å².